The molecule has 0 N–H and O–H groups in total. The van der Waals surface area contributed by atoms with Gasteiger partial charge >= 0.3 is 0 Å². The van der Waals surface area contributed by atoms with E-state index in [1.807, 2.05) is 30.3 Å². The Morgan fingerprint density at radius 3 is 2.38 bits per heavy atom. The number of carbonyl (C=O) groups is 1. The van der Waals surface area contributed by atoms with E-state index in [0.29, 0.717) is 4.70 Å². The summed E-state index contributed by atoms with van der Waals surface area (Å²) in [5.41, 5.74) is 1.19. The zero-order valence-electron chi connectivity index (χ0n) is 18.4. The van der Waals surface area contributed by atoms with Crippen LogP contribution < -0.4 is 4.80 Å². The minimum Gasteiger partial charge on any atom is -0.317 e. The minimum absolute atomic E-state index is 0.0618. The molecule has 1 amide bonds. The Labute approximate surface area is 199 Å². The summed E-state index contributed by atoms with van der Waals surface area (Å²) in [6.45, 7) is 2.28. The van der Waals surface area contributed by atoms with Crippen molar-refractivity contribution in [2.45, 2.75) is 18.4 Å². The molecule has 0 fully saturated rings. The molecule has 1 heterocycles. The van der Waals surface area contributed by atoms with Crippen molar-refractivity contribution in [3.05, 3.63) is 94.3 Å². The van der Waals surface area contributed by atoms with Gasteiger partial charge in [-0.2, -0.15) is 9.30 Å². The average molecular weight is 502 g/mol. The molecule has 0 aliphatic rings. The summed E-state index contributed by atoms with van der Waals surface area (Å²) in [6, 6.07) is 16.7. The number of hydrogen-bond acceptors (Lipinski definition) is 4. The van der Waals surface area contributed by atoms with Crippen molar-refractivity contribution in [1.82, 2.24) is 8.87 Å². The Hall–Kier alpha value is -3.21. The first-order valence-corrected chi connectivity index (χ1v) is 12.6. The summed E-state index contributed by atoms with van der Waals surface area (Å²) in [7, 11) is -2.24. The summed E-state index contributed by atoms with van der Waals surface area (Å²) in [6.07, 6.45) is 0. The van der Waals surface area contributed by atoms with Crippen LogP contribution in [0, 0.1) is 11.6 Å². The molecule has 4 rings (SSSR count). The average Bonchev–Trinajstić information content (AvgIpc) is 3.12. The molecule has 34 heavy (non-hydrogen) atoms. The normalized spacial score (nSPS) is 12.6. The van der Waals surface area contributed by atoms with Crippen LogP contribution in [-0.2, 0) is 23.6 Å². The van der Waals surface area contributed by atoms with Crippen molar-refractivity contribution >= 4 is 37.5 Å². The number of aryl methyl sites for hydroxylation is 1. The van der Waals surface area contributed by atoms with Gasteiger partial charge in [0.25, 0.3) is 5.91 Å². The van der Waals surface area contributed by atoms with Crippen LogP contribution >= 0.6 is 11.3 Å². The quantitative estimate of drug-likeness (QED) is 0.391. The zero-order valence-corrected chi connectivity index (χ0v) is 20.0. The van der Waals surface area contributed by atoms with Crippen LogP contribution in [0.15, 0.2) is 76.6 Å². The molecule has 0 saturated heterocycles. The van der Waals surface area contributed by atoms with Crippen LogP contribution in [-0.4, -0.2) is 29.7 Å². The van der Waals surface area contributed by atoms with Gasteiger partial charge in [0, 0.05) is 31.8 Å². The maximum absolute atomic E-state index is 14.1. The first kappa shape index (κ1) is 23.9. The van der Waals surface area contributed by atoms with Crippen molar-refractivity contribution in [2.24, 2.45) is 12.0 Å². The second-order valence-corrected chi connectivity index (χ2v) is 10.5. The summed E-state index contributed by atoms with van der Waals surface area (Å²) >= 11 is 0.983. The van der Waals surface area contributed by atoms with Gasteiger partial charge in [0.1, 0.15) is 5.82 Å². The molecule has 6 nitrogen and oxygen atoms in total. The topological polar surface area (TPSA) is 71.7 Å². The fourth-order valence-electron chi connectivity index (χ4n) is 3.53. The number of thiazole rings is 1. The van der Waals surface area contributed by atoms with Gasteiger partial charge in [0.15, 0.2) is 10.6 Å². The van der Waals surface area contributed by atoms with Gasteiger partial charge in [-0.15, -0.1) is 0 Å². The maximum Gasteiger partial charge on any atom is 0.279 e. The number of carbonyl (C=O) groups excluding carboxylic acids is 1. The number of amides is 1. The number of fused-ring (bicyclic) bond motifs is 1. The molecule has 0 unspecified atom stereocenters. The van der Waals surface area contributed by atoms with E-state index < -0.39 is 27.6 Å². The zero-order chi connectivity index (χ0) is 24.5. The van der Waals surface area contributed by atoms with Crippen molar-refractivity contribution in [1.29, 1.82) is 0 Å². The molecule has 0 aliphatic carbocycles. The third kappa shape index (κ3) is 4.70. The predicted octanol–water partition coefficient (Wildman–Crippen LogP) is 4.47. The minimum atomic E-state index is -3.77. The molecule has 4 aromatic rings. The molecule has 0 atom stereocenters. The monoisotopic (exact) mass is 501 g/mol. The van der Waals surface area contributed by atoms with Gasteiger partial charge in [0.2, 0.25) is 10.0 Å². The Bertz CT molecular complexity index is 1530. The van der Waals surface area contributed by atoms with Crippen LogP contribution in [0.1, 0.15) is 22.8 Å². The van der Waals surface area contributed by atoms with Crippen molar-refractivity contribution in [3.63, 3.8) is 0 Å². The number of sulfonamides is 1. The highest BCUT2D eigenvalue weighted by molar-refractivity contribution is 7.89. The lowest BCUT2D eigenvalue weighted by Gasteiger charge is -2.20. The van der Waals surface area contributed by atoms with E-state index in [1.165, 1.54) is 46.3 Å². The molecular weight excluding hydrogens is 480 g/mol. The maximum atomic E-state index is 14.1. The largest absolute Gasteiger partial charge is 0.317 e. The summed E-state index contributed by atoms with van der Waals surface area (Å²) < 4.78 is 56.9. The van der Waals surface area contributed by atoms with Gasteiger partial charge in [-0.05, 0) is 35.9 Å². The van der Waals surface area contributed by atoms with E-state index in [4.69, 9.17) is 0 Å². The molecule has 3 aromatic carbocycles. The number of halogens is 2. The fraction of sp³-hybridized carbons (Fsp3) is 0.167. The summed E-state index contributed by atoms with van der Waals surface area (Å²) in [5.74, 6) is -2.08. The second kappa shape index (κ2) is 9.57. The highest BCUT2D eigenvalue weighted by Crippen LogP contribution is 2.22. The van der Waals surface area contributed by atoms with Gasteiger partial charge in [0.05, 0.1) is 15.1 Å². The summed E-state index contributed by atoms with van der Waals surface area (Å²) in [5, 5.41) is 0. The molecule has 0 bridgehead atoms. The van der Waals surface area contributed by atoms with E-state index in [9.17, 15) is 22.0 Å². The molecule has 10 heteroatoms. The van der Waals surface area contributed by atoms with E-state index >= 15 is 0 Å². The SMILES string of the molecule is CCN(Cc1ccccc1)S(=O)(=O)c1ccc(C(=O)N=c2sc3cc(F)cc(F)c3n2C)cc1. The van der Waals surface area contributed by atoms with Gasteiger partial charge in [-0.3, -0.25) is 4.79 Å². The number of benzene rings is 3. The Balaban J connectivity index is 1.61. The lowest BCUT2D eigenvalue weighted by Crippen LogP contribution is -2.30. The molecular formula is C24H21F2N3O3S2. The van der Waals surface area contributed by atoms with E-state index in [2.05, 4.69) is 4.99 Å². The van der Waals surface area contributed by atoms with Gasteiger partial charge in [-0.25, -0.2) is 17.2 Å². The summed E-state index contributed by atoms with van der Waals surface area (Å²) in [4.78, 5) is 17.0. The third-order valence-electron chi connectivity index (χ3n) is 5.31. The fourth-order valence-corrected chi connectivity index (χ4v) is 6.02. The predicted molar refractivity (Wildman–Crippen MR) is 127 cm³/mol. The first-order chi connectivity index (χ1) is 16.2. The van der Waals surface area contributed by atoms with E-state index in [0.717, 1.165) is 23.0 Å². The van der Waals surface area contributed by atoms with Gasteiger partial charge in [-0.1, -0.05) is 48.6 Å². The number of rotatable bonds is 6. The second-order valence-electron chi connectivity index (χ2n) is 7.54. The first-order valence-electron chi connectivity index (χ1n) is 10.4. The number of hydrogen-bond donors (Lipinski definition) is 0. The number of nitrogens with zero attached hydrogens (tertiary/aromatic N) is 3. The molecule has 0 saturated carbocycles. The molecule has 176 valence electrons. The van der Waals surface area contributed by atoms with Crippen LogP contribution in [0.4, 0.5) is 8.78 Å². The van der Waals surface area contributed by atoms with Crippen LogP contribution in [0.25, 0.3) is 10.2 Å². The van der Waals surface area contributed by atoms with Crippen LogP contribution in [0.5, 0.6) is 0 Å². The van der Waals surface area contributed by atoms with Gasteiger partial charge < -0.3 is 4.57 Å². The molecule has 0 radical (unpaired) electrons. The van der Waals surface area contributed by atoms with Crippen molar-refractivity contribution in [2.75, 3.05) is 6.54 Å². The van der Waals surface area contributed by atoms with Crippen LogP contribution in [0.2, 0.25) is 0 Å². The van der Waals surface area contributed by atoms with Crippen molar-refractivity contribution < 1.29 is 22.0 Å². The van der Waals surface area contributed by atoms with Crippen molar-refractivity contribution in [3.8, 4) is 0 Å². The lowest BCUT2D eigenvalue weighted by molar-refractivity contribution is 0.0998. The van der Waals surface area contributed by atoms with E-state index in [-0.39, 0.29) is 33.9 Å². The Morgan fingerprint density at radius 2 is 1.74 bits per heavy atom. The molecule has 0 spiro atoms. The lowest BCUT2D eigenvalue weighted by atomic mass is 10.2. The standard InChI is InChI=1S/C24H21F2N3O3S2/c1-3-29(15-16-7-5-4-6-8-16)34(31,32)19-11-9-17(10-12-19)23(30)27-24-28(2)22-20(26)13-18(25)14-21(22)33-24/h4-14H,3,15H2,1-2H3. The molecule has 1 aromatic heterocycles. The third-order valence-corrected chi connectivity index (χ3v) is 8.32. The Kier molecular flexibility index (Phi) is 6.74. The molecule has 0 aliphatic heterocycles. The Morgan fingerprint density at radius 1 is 1.06 bits per heavy atom. The smallest absolute Gasteiger partial charge is 0.279 e. The van der Waals surface area contributed by atoms with E-state index in [1.54, 1.807) is 6.92 Å². The van der Waals surface area contributed by atoms with Crippen LogP contribution in [0.3, 0.4) is 0 Å². The number of aromatic nitrogens is 1. The highest BCUT2D eigenvalue weighted by atomic mass is 32.2. The highest BCUT2D eigenvalue weighted by Gasteiger charge is 2.23.